The minimum Gasteiger partial charge on any atom is -0.465 e. The van der Waals surface area contributed by atoms with Crippen molar-refractivity contribution in [3.05, 3.63) is 52.0 Å². The van der Waals surface area contributed by atoms with Crippen LogP contribution in [-0.4, -0.2) is 32.6 Å². The first-order chi connectivity index (χ1) is 14.6. The van der Waals surface area contributed by atoms with Crippen molar-refractivity contribution in [2.45, 2.75) is 54.0 Å². The van der Waals surface area contributed by atoms with Crippen LogP contribution in [0.15, 0.2) is 18.2 Å². The summed E-state index contributed by atoms with van der Waals surface area (Å²) in [7, 11) is 0. The number of rotatable bonds is 1. The number of carbonyl (C=O) groups is 1. The number of nitriles is 1. The van der Waals surface area contributed by atoms with E-state index in [0.29, 0.717) is 18.7 Å². The van der Waals surface area contributed by atoms with Crippen molar-refractivity contribution in [2.24, 2.45) is 5.41 Å². The van der Waals surface area contributed by atoms with Gasteiger partial charge in [0.05, 0.1) is 11.6 Å². The number of nitrogens with one attached hydrogen (secondary N) is 1. The molecular weight excluding hydrogens is 388 g/mol. The van der Waals surface area contributed by atoms with Gasteiger partial charge in [-0.15, -0.1) is 0 Å². The molecular formula is C25H28N4O2. The van der Waals surface area contributed by atoms with Crippen LogP contribution in [-0.2, 0) is 6.42 Å². The van der Waals surface area contributed by atoms with E-state index in [1.807, 2.05) is 19.9 Å². The summed E-state index contributed by atoms with van der Waals surface area (Å²) in [4.78, 5) is 21.5. The second kappa shape index (κ2) is 7.12. The van der Waals surface area contributed by atoms with E-state index in [0.717, 1.165) is 44.5 Å². The predicted octanol–water partition coefficient (Wildman–Crippen LogP) is 5.65. The molecule has 3 heterocycles. The Labute approximate surface area is 182 Å². The van der Waals surface area contributed by atoms with Gasteiger partial charge in [0.2, 0.25) is 0 Å². The molecule has 160 valence electrons. The normalized spacial score (nSPS) is 16.3. The van der Waals surface area contributed by atoms with Crippen molar-refractivity contribution >= 4 is 17.0 Å². The second-order valence-corrected chi connectivity index (χ2v) is 9.53. The zero-order valence-corrected chi connectivity index (χ0v) is 18.9. The summed E-state index contributed by atoms with van der Waals surface area (Å²) < 4.78 is 0. The van der Waals surface area contributed by atoms with E-state index in [2.05, 4.69) is 55.9 Å². The third-order valence-electron chi connectivity index (χ3n) is 6.49. The largest absolute Gasteiger partial charge is 0.465 e. The Kier molecular flexibility index (Phi) is 4.81. The molecule has 0 spiro atoms. The minimum absolute atomic E-state index is 0.232. The summed E-state index contributed by atoms with van der Waals surface area (Å²) >= 11 is 0. The molecule has 0 bridgehead atoms. The summed E-state index contributed by atoms with van der Waals surface area (Å²) in [6, 6.07) is 8.16. The number of H-pyrrole nitrogens is 1. The number of hydrogen-bond donors (Lipinski definition) is 2. The maximum atomic E-state index is 12.0. The van der Waals surface area contributed by atoms with Gasteiger partial charge in [0.25, 0.3) is 0 Å². The van der Waals surface area contributed by atoms with Crippen LogP contribution in [0.5, 0.6) is 0 Å². The predicted molar refractivity (Wildman–Crippen MR) is 121 cm³/mol. The van der Waals surface area contributed by atoms with Gasteiger partial charge in [-0.25, -0.2) is 9.78 Å². The lowest BCUT2D eigenvalue weighted by molar-refractivity contribution is 0.0760. The second-order valence-electron chi connectivity index (χ2n) is 9.53. The maximum Gasteiger partial charge on any atom is 0.407 e. The van der Waals surface area contributed by atoms with Crippen molar-refractivity contribution in [1.29, 1.82) is 5.26 Å². The van der Waals surface area contributed by atoms with E-state index in [1.165, 1.54) is 5.56 Å². The van der Waals surface area contributed by atoms with Crippen LogP contribution in [0, 0.1) is 37.5 Å². The molecule has 0 radical (unpaired) electrons. The molecule has 1 aliphatic heterocycles. The molecule has 4 rings (SSSR count). The lowest BCUT2D eigenvalue weighted by atomic mass is 9.75. The first kappa shape index (κ1) is 20.9. The Morgan fingerprint density at radius 1 is 1.29 bits per heavy atom. The zero-order valence-electron chi connectivity index (χ0n) is 18.9. The molecule has 1 unspecified atom stereocenters. The van der Waals surface area contributed by atoms with E-state index in [1.54, 1.807) is 4.90 Å². The summed E-state index contributed by atoms with van der Waals surface area (Å²) in [6.45, 7) is 12.7. The van der Waals surface area contributed by atoms with Gasteiger partial charge in [-0.3, -0.25) is 0 Å². The number of nitrogens with zero attached hydrogens (tertiary/aromatic N) is 3. The molecule has 1 aliphatic rings. The number of aromatic amines is 1. The smallest absolute Gasteiger partial charge is 0.407 e. The molecule has 6 nitrogen and oxygen atoms in total. The molecule has 31 heavy (non-hydrogen) atoms. The number of carboxylic acid groups (broad SMARTS) is 1. The van der Waals surface area contributed by atoms with Gasteiger partial charge in [-0.2, -0.15) is 5.26 Å². The van der Waals surface area contributed by atoms with Crippen LogP contribution in [0.25, 0.3) is 22.0 Å². The molecule has 2 N–H and O–H groups in total. The fraction of sp³-hybridized carbons (Fsp3) is 0.400. The highest BCUT2D eigenvalue weighted by atomic mass is 16.4. The molecule has 3 aromatic rings. The Bertz CT molecular complexity index is 1260. The van der Waals surface area contributed by atoms with E-state index in [9.17, 15) is 15.2 Å². The lowest BCUT2D eigenvalue weighted by Gasteiger charge is -2.43. The number of aromatic nitrogens is 2. The quantitative estimate of drug-likeness (QED) is 0.536. The average Bonchev–Trinajstić information content (AvgIpc) is 3.00. The first-order valence-electron chi connectivity index (χ1n) is 10.6. The van der Waals surface area contributed by atoms with Crippen LogP contribution in [0.4, 0.5) is 4.79 Å². The van der Waals surface area contributed by atoms with Gasteiger partial charge >= 0.3 is 6.09 Å². The summed E-state index contributed by atoms with van der Waals surface area (Å²) in [5, 5.41) is 20.5. The molecule has 0 saturated heterocycles. The third-order valence-corrected chi connectivity index (χ3v) is 6.49. The van der Waals surface area contributed by atoms with E-state index >= 15 is 0 Å². The SMILES string of the molecule is Cc1nc(C#N)c2[nH]c(C)c(C)c2c1-c1cccc2c1CCN(C(=O)O)C2C(C)(C)C. The van der Waals surface area contributed by atoms with Crippen LogP contribution >= 0.6 is 0 Å². The van der Waals surface area contributed by atoms with Crippen LogP contribution in [0.2, 0.25) is 0 Å². The molecule has 0 saturated carbocycles. The van der Waals surface area contributed by atoms with E-state index < -0.39 is 6.09 Å². The fourth-order valence-electron chi connectivity index (χ4n) is 5.12. The average molecular weight is 417 g/mol. The number of aryl methyl sites for hydroxylation is 3. The number of fused-ring (bicyclic) bond motifs is 2. The highest BCUT2D eigenvalue weighted by Crippen LogP contribution is 2.46. The zero-order chi connectivity index (χ0) is 22.7. The minimum atomic E-state index is -0.883. The molecule has 6 heteroatoms. The number of hydrogen-bond acceptors (Lipinski definition) is 3. The topological polar surface area (TPSA) is 93.0 Å². The van der Waals surface area contributed by atoms with Crippen molar-refractivity contribution in [1.82, 2.24) is 14.9 Å². The van der Waals surface area contributed by atoms with E-state index in [4.69, 9.17) is 0 Å². The monoisotopic (exact) mass is 416 g/mol. The highest BCUT2D eigenvalue weighted by Gasteiger charge is 2.39. The van der Waals surface area contributed by atoms with Gasteiger partial charge in [0.1, 0.15) is 6.07 Å². The van der Waals surface area contributed by atoms with Crippen LogP contribution in [0.3, 0.4) is 0 Å². The Hall–Kier alpha value is -3.33. The van der Waals surface area contributed by atoms with Crippen molar-refractivity contribution < 1.29 is 9.90 Å². The molecule has 2 aromatic heterocycles. The molecule has 1 atom stereocenters. The molecule has 0 fully saturated rings. The van der Waals surface area contributed by atoms with E-state index in [-0.39, 0.29) is 11.5 Å². The Balaban J connectivity index is 2.05. The molecule has 1 aromatic carbocycles. The van der Waals surface area contributed by atoms with Gasteiger partial charge in [0, 0.05) is 28.9 Å². The van der Waals surface area contributed by atoms with Gasteiger partial charge in [0.15, 0.2) is 5.69 Å². The molecule has 0 aliphatic carbocycles. The van der Waals surface area contributed by atoms with Crippen molar-refractivity contribution in [2.75, 3.05) is 6.54 Å². The fourth-order valence-corrected chi connectivity index (χ4v) is 5.12. The van der Waals surface area contributed by atoms with Crippen molar-refractivity contribution in [3.8, 4) is 17.2 Å². The van der Waals surface area contributed by atoms with Crippen LogP contribution in [0.1, 0.15) is 60.6 Å². The van der Waals surface area contributed by atoms with Gasteiger partial charge in [-0.05, 0) is 54.9 Å². The summed E-state index contributed by atoms with van der Waals surface area (Å²) in [6.07, 6.45) is -0.236. The molecule has 1 amide bonds. The maximum absolute atomic E-state index is 12.0. The number of amides is 1. The number of pyridine rings is 1. The summed E-state index contributed by atoms with van der Waals surface area (Å²) in [5.41, 5.74) is 8.21. The highest BCUT2D eigenvalue weighted by molar-refractivity contribution is 6.02. The summed E-state index contributed by atoms with van der Waals surface area (Å²) in [5.74, 6) is 0. The van der Waals surface area contributed by atoms with Crippen LogP contribution < -0.4 is 0 Å². The standard InChI is InChI=1S/C25H28N4O2/c1-13-14(2)28-22-19(12-26)27-15(3)21(20(13)22)17-8-7-9-18-16(17)10-11-29(24(30)31)23(18)25(4,5)6/h7-9,23,28H,10-11H2,1-6H3,(H,30,31). The van der Waals surface area contributed by atoms with Gasteiger partial charge in [-0.1, -0.05) is 39.0 Å². The Morgan fingerprint density at radius 2 is 2.00 bits per heavy atom. The third kappa shape index (κ3) is 3.16. The first-order valence-corrected chi connectivity index (χ1v) is 10.6. The number of benzene rings is 1. The lowest BCUT2D eigenvalue weighted by Crippen LogP contribution is -2.44. The Morgan fingerprint density at radius 3 is 2.61 bits per heavy atom. The van der Waals surface area contributed by atoms with Crippen molar-refractivity contribution in [3.63, 3.8) is 0 Å². The van der Waals surface area contributed by atoms with Gasteiger partial charge < -0.3 is 15.0 Å².